The van der Waals surface area contributed by atoms with Crippen LogP contribution in [-0.2, 0) is 4.74 Å². The van der Waals surface area contributed by atoms with Crippen LogP contribution in [0.15, 0.2) is 48.5 Å². The normalized spacial score (nSPS) is 12.6. The van der Waals surface area contributed by atoms with Gasteiger partial charge in [-0.3, -0.25) is 0 Å². The molecule has 0 saturated heterocycles. The fourth-order valence-corrected chi connectivity index (χ4v) is 2.29. The minimum absolute atomic E-state index is 0.183. The molecular formula is C20H30N2O5. The zero-order chi connectivity index (χ0) is 20.1. The van der Waals surface area contributed by atoms with E-state index in [0.717, 1.165) is 11.1 Å². The summed E-state index contributed by atoms with van der Waals surface area (Å²) in [6, 6.07) is 14.0. The van der Waals surface area contributed by atoms with E-state index in [9.17, 15) is 10.2 Å². The molecule has 0 heterocycles. The quantitative estimate of drug-likeness (QED) is 0.422. The van der Waals surface area contributed by atoms with Gasteiger partial charge in [0.05, 0.1) is 12.2 Å². The maximum Gasteiger partial charge on any atom is 0.188 e. The molecule has 0 aliphatic rings. The zero-order valence-electron chi connectivity index (χ0n) is 16.1. The van der Waals surface area contributed by atoms with Gasteiger partial charge in [0.1, 0.15) is 11.5 Å². The monoisotopic (exact) mass is 378 g/mol. The van der Waals surface area contributed by atoms with Gasteiger partial charge in [-0.25, -0.2) is 0 Å². The number of nitrogens with one attached hydrogen (secondary N) is 2. The molecule has 2 rings (SSSR count). The second-order valence-corrected chi connectivity index (χ2v) is 5.87. The van der Waals surface area contributed by atoms with E-state index < -0.39 is 12.2 Å². The van der Waals surface area contributed by atoms with Gasteiger partial charge in [-0.15, -0.1) is 0 Å². The van der Waals surface area contributed by atoms with E-state index in [1.165, 1.54) is 0 Å². The molecule has 0 amide bonds. The molecule has 0 fully saturated rings. The highest BCUT2D eigenvalue weighted by atomic mass is 16.7. The third kappa shape index (κ3) is 8.85. The Morgan fingerprint density at radius 3 is 1.96 bits per heavy atom. The summed E-state index contributed by atoms with van der Waals surface area (Å²) in [6.07, 6.45) is -1.07. The number of ether oxygens (including phenoxy) is 2. The van der Waals surface area contributed by atoms with Crippen LogP contribution in [0.5, 0.6) is 11.5 Å². The third-order valence-electron chi connectivity index (χ3n) is 3.64. The number of aliphatic hydroxyl groups excluding tert-OH is 2. The number of hydrogen-bond acceptors (Lipinski definition) is 7. The van der Waals surface area contributed by atoms with Gasteiger partial charge in [0.15, 0.2) is 6.79 Å². The Bertz CT molecular complexity index is 654. The highest BCUT2D eigenvalue weighted by Crippen LogP contribution is 2.19. The average Bonchev–Trinajstić information content (AvgIpc) is 2.67. The van der Waals surface area contributed by atoms with Gasteiger partial charge in [-0.2, -0.15) is 0 Å². The molecule has 0 aliphatic heterocycles. The zero-order valence-corrected chi connectivity index (χ0v) is 16.1. The number of hydrogen-bond donors (Lipinski definition) is 5. The largest absolute Gasteiger partial charge is 0.508 e. The molecule has 0 radical (unpaired) electrons. The SMILES string of the molecule is CNCC(O)c1cccc(O)c1.CNCC(O)c1cccc(OCOC)c1. The summed E-state index contributed by atoms with van der Waals surface area (Å²) in [4.78, 5) is 0. The van der Waals surface area contributed by atoms with Gasteiger partial charge in [0, 0.05) is 20.2 Å². The molecule has 2 unspecified atom stereocenters. The number of rotatable bonds is 9. The van der Waals surface area contributed by atoms with Crippen molar-refractivity contribution < 1.29 is 24.8 Å². The Labute approximate surface area is 160 Å². The second-order valence-electron chi connectivity index (χ2n) is 5.87. The maximum atomic E-state index is 9.72. The lowest BCUT2D eigenvalue weighted by Crippen LogP contribution is -2.16. The van der Waals surface area contributed by atoms with E-state index in [1.54, 1.807) is 51.5 Å². The highest BCUT2D eigenvalue weighted by molar-refractivity contribution is 5.30. The second kappa shape index (κ2) is 13.1. The van der Waals surface area contributed by atoms with Crippen LogP contribution in [0, 0.1) is 0 Å². The Kier molecular flexibility index (Phi) is 11.1. The number of benzene rings is 2. The average molecular weight is 378 g/mol. The summed E-state index contributed by atoms with van der Waals surface area (Å²) in [6.45, 7) is 1.22. The van der Waals surface area contributed by atoms with Gasteiger partial charge in [0.2, 0.25) is 0 Å². The first-order chi connectivity index (χ1) is 13.0. The minimum atomic E-state index is -0.554. The lowest BCUT2D eigenvalue weighted by atomic mass is 10.1. The fourth-order valence-electron chi connectivity index (χ4n) is 2.29. The molecule has 0 saturated carbocycles. The Balaban J connectivity index is 0.000000277. The fraction of sp³-hybridized carbons (Fsp3) is 0.400. The molecule has 0 bridgehead atoms. The molecule has 2 aromatic carbocycles. The van der Waals surface area contributed by atoms with Crippen molar-refractivity contribution in [3.63, 3.8) is 0 Å². The summed E-state index contributed by atoms with van der Waals surface area (Å²) >= 11 is 0. The van der Waals surface area contributed by atoms with E-state index in [4.69, 9.17) is 14.6 Å². The molecule has 27 heavy (non-hydrogen) atoms. The Morgan fingerprint density at radius 2 is 1.44 bits per heavy atom. The van der Waals surface area contributed by atoms with Crippen LogP contribution >= 0.6 is 0 Å². The van der Waals surface area contributed by atoms with Gasteiger partial charge < -0.3 is 35.4 Å². The molecule has 7 heteroatoms. The van der Waals surface area contributed by atoms with Crippen molar-refractivity contribution in [1.29, 1.82) is 0 Å². The van der Waals surface area contributed by atoms with E-state index in [2.05, 4.69) is 10.6 Å². The van der Waals surface area contributed by atoms with Crippen molar-refractivity contribution >= 4 is 0 Å². The molecule has 7 nitrogen and oxygen atoms in total. The van der Waals surface area contributed by atoms with Crippen LogP contribution in [0.2, 0.25) is 0 Å². The van der Waals surface area contributed by atoms with Gasteiger partial charge >= 0.3 is 0 Å². The van der Waals surface area contributed by atoms with Crippen LogP contribution in [-0.4, -0.2) is 56.4 Å². The van der Waals surface area contributed by atoms with Gasteiger partial charge in [0.25, 0.3) is 0 Å². The van der Waals surface area contributed by atoms with Crippen LogP contribution < -0.4 is 15.4 Å². The minimum Gasteiger partial charge on any atom is -0.508 e. The molecule has 150 valence electrons. The maximum absolute atomic E-state index is 9.72. The number of phenolic OH excluding ortho intramolecular Hbond substituents is 1. The topological polar surface area (TPSA) is 103 Å². The first-order valence-corrected chi connectivity index (χ1v) is 8.67. The summed E-state index contributed by atoms with van der Waals surface area (Å²) in [5.41, 5.74) is 1.56. The lowest BCUT2D eigenvalue weighted by molar-refractivity contribution is 0.0508. The lowest BCUT2D eigenvalue weighted by Gasteiger charge is -2.12. The molecule has 0 aromatic heterocycles. The van der Waals surface area contributed by atoms with Crippen LogP contribution in [0.4, 0.5) is 0 Å². The van der Waals surface area contributed by atoms with Gasteiger partial charge in [-0.1, -0.05) is 24.3 Å². The number of likely N-dealkylation sites (N-methyl/N-ethyl adjacent to an activating group) is 2. The van der Waals surface area contributed by atoms with Crippen molar-refractivity contribution in [1.82, 2.24) is 10.6 Å². The number of aliphatic hydroxyl groups is 2. The highest BCUT2D eigenvalue weighted by Gasteiger charge is 2.07. The summed E-state index contributed by atoms with van der Waals surface area (Å²) in [5.74, 6) is 0.882. The van der Waals surface area contributed by atoms with E-state index in [1.807, 2.05) is 18.2 Å². The van der Waals surface area contributed by atoms with Crippen molar-refractivity contribution in [2.24, 2.45) is 0 Å². The van der Waals surface area contributed by atoms with Crippen molar-refractivity contribution in [2.45, 2.75) is 12.2 Å². The number of phenols is 1. The summed E-state index contributed by atoms with van der Waals surface area (Å²) in [5, 5.41) is 34.1. The predicted molar refractivity (Wildman–Crippen MR) is 105 cm³/mol. The summed E-state index contributed by atoms with van der Waals surface area (Å²) < 4.78 is 10.1. The first kappa shape index (κ1) is 22.9. The summed E-state index contributed by atoms with van der Waals surface area (Å²) in [7, 11) is 5.14. The smallest absolute Gasteiger partial charge is 0.188 e. The predicted octanol–water partition coefficient (Wildman–Crippen LogP) is 1.57. The molecular weight excluding hydrogens is 348 g/mol. The van der Waals surface area contributed by atoms with Crippen LogP contribution in [0.25, 0.3) is 0 Å². The number of methoxy groups -OCH3 is 1. The van der Waals surface area contributed by atoms with Crippen LogP contribution in [0.3, 0.4) is 0 Å². The van der Waals surface area contributed by atoms with E-state index in [-0.39, 0.29) is 12.5 Å². The van der Waals surface area contributed by atoms with Crippen molar-refractivity contribution in [3.8, 4) is 11.5 Å². The molecule has 0 spiro atoms. The number of aromatic hydroxyl groups is 1. The molecule has 2 atom stereocenters. The molecule has 2 aromatic rings. The van der Waals surface area contributed by atoms with E-state index in [0.29, 0.717) is 18.8 Å². The van der Waals surface area contributed by atoms with Gasteiger partial charge in [-0.05, 0) is 49.5 Å². The third-order valence-corrected chi connectivity index (χ3v) is 3.64. The Hall–Kier alpha value is -2.16. The first-order valence-electron chi connectivity index (χ1n) is 8.67. The van der Waals surface area contributed by atoms with Crippen LogP contribution in [0.1, 0.15) is 23.3 Å². The standard InChI is InChI=1S/C11H17NO3.C9H13NO2/c1-12-7-11(13)9-4-3-5-10(6-9)15-8-14-2;1-10-6-9(12)7-3-2-4-8(11)5-7/h3-6,11-13H,7-8H2,1-2H3;2-5,9-12H,6H2,1H3. The van der Waals surface area contributed by atoms with Crippen molar-refractivity contribution in [3.05, 3.63) is 59.7 Å². The van der Waals surface area contributed by atoms with Crippen molar-refractivity contribution in [2.75, 3.05) is 41.1 Å². The Morgan fingerprint density at radius 1 is 0.889 bits per heavy atom. The molecule has 5 N–H and O–H groups in total. The molecule has 0 aliphatic carbocycles. The van der Waals surface area contributed by atoms with E-state index >= 15 is 0 Å².